The quantitative estimate of drug-likeness (QED) is 0.188. The van der Waals surface area contributed by atoms with Crippen molar-refractivity contribution in [1.29, 1.82) is 0 Å². The Labute approximate surface area is 294 Å². The Morgan fingerprint density at radius 1 is 0.529 bits per heavy atom. The summed E-state index contributed by atoms with van der Waals surface area (Å²) in [6.45, 7) is 0. The van der Waals surface area contributed by atoms with Gasteiger partial charge >= 0.3 is 0 Å². The fourth-order valence-corrected chi connectivity index (χ4v) is 9.07. The second-order valence-corrected chi connectivity index (χ2v) is 14.1. The van der Waals surface area contributed by atoms with Crippen LogP contribution in [-0.2, 0) is 0 Å². The molecule has 0 N–H and O–H groups in total. The molecule has 12 aromatic rings. The number of fused-ring (bicyclic) bond motifs is 12. The molecule has 0 atom stereocenters. The van der Waals surface area contributed by atoms with Gasteiger partial charge < -0.3 is 8.82 Å². The summed E-state index contributed by atoms with van der Waals surface area (Å²) in [5.41, 5.74) is 14.4. The zero-order valence-corrected chi connectivity index (χ0v) is 27.8. The fraction of sp³-hybridized carbons (Fsp3) is 0. The zero-order chi connectivity index (χ0) is 33.2. The number of hydrogen-bond donors (Lipinski definition) is 0. The molecule has 5 aromatic heterocycles. The van der Waals surface area contributed by atoms with Crippen LogP contribution < -0.4 is 0 Å². The van der Waals surface area contributed by atoms with E-state index in [0.717, 1.165) is 66.3 Å². The molecule has 0 aliphatic rings. The third kappa shape index (κ3) is 3.71. The number of nitrogens with zero attached hydrogens (tertiary/aromatic N) is 4. The lowest BCUT2D eigenvalue weighted by atomic mass is 9.98. The van der Waals surface area contributed by atoms with Crippen molar-refractivity contribution >= 4 is 92.5 Å². The molecule has 0 aliphatic carbocycles. The van der Waals surface area contributed by atoms with E-state index in [9.17, 15) is 0 Å². The maximum absolute atomic E-state index is 6.41. The molecule has 0 radical (unpaired) electrons. The summed E-state index contributed by atoms with van der Waals surface area (Å²) in [7, 11) is 0. The van der Waals surface area contributed by atoms with Crippen LogP contribution in [0.4, 0.5) is 0 Å². The molecule has 12 rings (SSSR count). The van der Waals surface area contributed by atoms with Crippen molar-refractivity contribution in [1.82, 2.24) is 19.4 Å². The predicted molar refractivity (Wildman–Crippen MR) is 211 cm³/mol. The number of para-hydroxylation sites is 4. The van der Waals surface area contributed by atoms with Gasteiger partial charge in [0, 0.05) is 43.3 Å². The van der Waals surface area contributed by atoms with Gasteiger partial charge in [-0.2, -0.15) is 0 Å². The average Bonchev–Trinajstić information content (AvgIpc) is 3.96. The van der Waals surface area contributed by atoms with E-state index in [2.05, 4.69) is 120 Å². The van der Waals surface area contributed by atoms with Crippen molar-refractivity contribution in [3.8, 4) is 33.8 Å². The highest BCUT2D eigenvalue weighted by Gasteiger charge is 2.22. The van der Waals surface area contributed by atoms with Crippen molar-refractivity contribution in [2.45, 2.75) is 0 Å². The van der Waals surface area contributed by atoms with Gasteiger partial charge in [0.1, 0.15) is 11.2 Å². The molecule has 236 valence electrons. The molecule has 5 nitrogen and oxygen atoms in total. The monoisotopic (exact) mass is 668 g/mol. The Morgan fingerprint density at radius 2 is 1.29 bits per heavy atom. The first-order chi connectivity index (χ1) is 25.3. The largest absolute Gasteiger partial charge is 0.455 e. The molecule has 0 bridgehead atoms. The van der Waals surface area contributed by atoms with Crippen LogP contribution in [0.15, 0.2) is 149 Å². The van der Waals surface area contributed by atoms with Crippen LogP contribution in [0.25, 0.3) is 115 Å². The maximum atomic E-state index is 6.41. The van der Waals surface area contributed by atoms with Crippen LogP contribution in [0.1, 0.15) is 0 Å². The highest BCUT2D eigenvalue weighted by molar-refractivity contribution is 7.18. The van der Waals surface area contributed by atoms with E-state index in [4.69, 9.17) is 19.4 Å². The Kier molecular flexibility index (Phi) is 5.32. The van der Waals surface area contributed by atoms with Gasteiger partial charge in [-0.3, -0.25) is 0 Å². The minimum absolute atomic E-state index is 0.645. The standard InChI is InChI=1S/C45H24N4OS/c1-4-16-35-31(13-1)41(48-45(47-35)32-15-8-14-30-29-12-3-6-18-39(29)50-43(30)32)27-10-7-9-25(21-27)26-19-20-38-34(22-26)40-42-33(23-36-44(40)51-24-46-36)28-11-2-5-17-37(28)49(38)42/h1-24H. The number of rotatable bonds is 3. The van der Waals surface area contributed by atoms with Gasteiger partial charge in [0.05, 0.1) is 49.1 Å². The highest BCUT2D eigenvalue weighted by atomic mass is 32.1. The molecule has 0 fully saturated rings. The molecule has 6 heteroatoms. The smallest absolute Gasteiger partial charge is 0.164 e. The van der Waals surface area contributed by atoms with E-state index in [0.29, 0.717) is 5.82 Å². The molecular formula is C45H24N4OS. The zero-order valence-electron chi connectivity index (χ0n) is 27.0. The number of thiazole rings is 1. The molecule has 0 amide bonds. The van der Waals surface area contributed by atoms with Crippen molar-refractivity contribution in [2.75, 3.05) is 0 Å². The summed E-state index contributed by atoms with van der Waals surface area (Å²) in [6, 6.07) is 49.2. The topological polar surface area (TPSA) is 56.2 Å². The number of aromatic nitrogens is 4. The van der Waals surface area contributed by atoms with Crippen molar-refractivity contribution in [3.63, 3.8) is 0 Å². The van der Waals surface area contributed by atoms with Crippen molar-refractivity contribution in [3.05, 3.63) is 145 Å². The van der Waals surface area contributed by atoms with Gasteiger partial charge in [-0.05, 0) is 59.7 Å². The van der Waals surface area contributed by atoms with Gasteiger partial charge in [-0.1, -0.05) is 91.0 Å². The first kappa shape index (κ1) is 27.2. The average molecular weight is 669 g/mol. The van der Waals surface area contributed by atoms with E-state index in [-0.39, 0.29) is 0 Å². The van der Waals surface area contributed by atoms with E-state index >= 15 is 0 Å². The predicted octanol–water partition coefficient (Wildman–Crippen LogP) is 12.3. The van der Waals surface area contributed by atoms with E-state index in [1.54, 1.807) is 11.3 Å². The molecular weight excluding hydrogens is 645 g/mol. The summed E-state index contributed by atoms with van der Waals surface area (Å²) in [5, 5.41) is 8.20. The van der Waals surface area contributed by atoms with Crippen LogP contribution in [0.5, 0.6) is 0 Å². The molecule has 0 aliphatic heterocycles. The normalized spacial score (nSPS) is 12.3. The Morgan fingerprint density at radius 3 is 2.25 bits per heavy atom. The fourth-order valence-electron chi connectivity index (χ4n) is 8.24. The summed E-state index contributed by atoms with van der Waals surface area (Å²) < 4.78 is 10.1. The SMILES string of the molecule is c1cc(-c2ccc3c(c2)c2c4scnc4cc4c5ccccc5n3c42)cc(-c2nc(-c3cccc4c3oc3ccccc34)nc3ccccc23)c1. The van der Waals surface area contributed by atoms with Crippen LogP contribution in [-0.4, -0.2) is 19.4 Å². The maximum Gasteiger partial charge on any atom is 0.164 e. The lowest BCUT2D eigenvalue weighted by Gasteiger charge is -2.11. The van der Waals surface area contributed by atoms with Gasteiger partial charge in [0.25, 0.3) is 0 Å². The molecule has 7 aromatic carbocycles. The summed E-state index contributed by atoms with van der Waals surface area (Å²) in [4.78, 5) is 15.1. The van der Waals surface area contributed by atoms with Crippen molar-refractivity contribution < 1.29 is 4.42 Å². The van der Waals surface area contributed by atoms with Crippen LogP contribution in [0, 0.1) is 0 Å². The van der Waals surface area contributed by atoms with E-state index < -0.39 is 0 Å². The first-order valence-corrected chi connectivity index (χ1v) is 17.9. The third-order valence-corrected chi connectivity index (χ3v) is 11.3. The first-order valence-electron chi connectivity index (χ1n) is 17.0. The molecule has 0 spiro atoms. The Bertz CT molecular complexity index is 3390. The van der Waals surface area contributed by atoms with Crippen molar-refractivity contribution in [2.24, 2.45) is 0 Å². The lowest BCUT2D eigenvalue weighted by molar-refractivity contribution is 0.669. The molecule has 0 saturated carbocycles. The van der Waals surface area contributed by atoms with Crippen LogP contribution in [0.3, 0.4) is 0 Å². The molecule has 0 unspecified atom stereocenters. The second kappa shape index (κ2) is 9.97. The minimum Gasteiger partial charge on any atom is -0.455 e. The van der Waals surface area contributed by atoms with Gasteiger partial charge in [0.2, 0.25) is 0 Å². The van der Waals surface area contributed by atoms with Gasteiger partial charge in [-0.15, -0.1) is 11.3 Å². The molecule has 51 heavy (non-hydrogen) atoms. The Balaban J connectivity index is 1.07. The lowest BCUT2D eigenvalue weighted by Crippen LogP contribution is -1.95. The molecule has 0 saturated heterocycles. The third-order valence-electron chi connectivity index (χ3n) is 10.5. The summed E-state index contributed by atoms with van der Waals surface area (Å²) in [5.74, 6) is 0.645. The van der Waals surface area contributed by atoms with Crippen LogP contribution >= 0.6 is 11.3 Å². The minimum atomic E-state index is 0.645. The van der Waals surface area contributed by atoms with E-state index in [1.165, 1.54) is 42.8 Å². The number of furan rings is 1. The Hall–Kier alpha value is -6.63. The number of hydrogen-bond acceptors (Lipinski definition) is 5. The molecule has 5 heterocycles. The van der Waals surface area contributed by atoms with E-state index in [1.807, 2.05) is 29.8 Å². The highest BCUT2D eigenvalue weighted by Crippen LogP contribution is 2.45. The second-order valence-electron chi connectivity index (χ2n) is 13.2. The summed E-state index contributed by atoms with van der Waals surface area (Å²) in [6.07, 6.45) is 0. The summed E-state index contributed by atoms with van der Waals surface area (Å²) >= 11 is 1.72. The number of benzene rings is 7. The van der Waals surface area contributed by atoms with Gasteiger partial charge in [-0.25, -0.2) is 15.0 Å². The van der Waals surface area contributed by atoms with Crippen LogP contribution in [0.2, 0.25) is 0 Å². The van der Waals surface area contributed by atoms with Gasteiger partial charge in [0.15, 0.2) is 5.82 Å².